The second-order valence-electron chi connectivity index (χ2n) is 9.53. The molecule has 3 amide bonds. The Hall–Kier alpha value is -4.03. The van der Waals surface area contributed by atoms with Gasteiger partial charge in [0.05, 0.1) is 17.1 Å². The normalized spacial score (nSPS) is 14.0. The first-order valence-electron chi connectivity index (χ1n) is 12.9. The molecule has 1 atom stereocenters. The minimum absolute atomic E-state index is 0.0448. The van der Waals surface area contributed by atoms with Gasteiger partial charge in [0, 0.05) is 23.5 Å². The summed E-state index contributed by atoms with van der Waals surface area (Å²) in [5.74, 6) is -0.152. The molecule has 0 aliphatic carbocycles. The van der Waals surface area contributed by atoms with Crippen LogP contribution in [-0.2, 0) is 4.79 Å². The number of urea groups is 1. The summed E-state index contributed by atoms with van der Waals surface area (Å²) in [6.45, 7) is 4.47. The zero-order chi connectivity index (χ0) is 26.6. The summed E-state index contributed by atoms with van der Waals surface area (Å²) in [5, 5.41) is 3.64. The molecule has 1 aliphatic rings. The Kier molecular flexibility index (Phi) is 7.52. The van der Waals surface area contributed by atoms with E-state index in [4.69, 9.17) is 11.6 Å². The van der Waals surface area contributed by atoms with Gasteiger partial charge >= 0.3 is 6.03 Å². The third-order valence-electron chi connectivity index (χ3n) is 6.96. The standard InChI is InChI=1S/C31H31ClN4O2/c1-3-4-19-34(31(38)33-25-11-6-5-10-22(25)2)21-29(37)36-27-13-8-7-12-26(27)35-20-9-14-28(35)30(36)23-15-17-24(32)18-16-23/h5-18,20,30H,3-4,19,21H2,1-2H3,(H,33,38)/t30-/m0/s1. The minimum atomic E-state index is -0.364. The van der Waals surface area contributed by atoms with Crippen LogP contribution >= 0.6 is 11.6 Å². The summed E-state index contributed by atoms with van der Waals surface area (Å²) in [7, 11) is 0. The van der Waals surface area contributed by atoms with Crippen molar-refractivity contribution in [2.45, 2.75) is 32.7 Å². The van der Waals surface area contributed by atoms with Crippen molar-refractivity contribution >= 4 is 34.9 Å². The molecule has 0 saturated carbocycles. The third-order valence-corrected chi connectivity index (χ3v) is 7.21. The molecule has 0 bridgehead atoms. The van der Waals surface area contributed by atoms with Crippen LogP contribution in [0.3, 0.4) is 0 Å². The fraction of sp³-hybridized carbons (Fsp3) is 0.226. The van der Waals surface area contributed by atoms with Gasteiger partial charge in [0.25, 0.3) is 0 Å². The van der Waals surface area contributed by atoms with Gasteiger partial charge in [0.1, 0.15) is 12.6 Å². The van der Waals surface area contributed by atoms with Crippen molar-refractivity contribution in [1.82, 2.24) is 9.47 Å². The third kappa shape index (κ3) is 5.04. The van der Waals surface area contributed by atoms with Gasteiger partial charge in [-0.25, -0.2) is 4.79 Å². The van der Waals surface area contributed by atoms with Crippen LogP contribution in [0.15, 0.2) is 91.1 Å². The summed E-state index contributed by atoms with van der Waals surface area (Å²) in [6, 6.07) is 26.5. The predicted molar refractivity (Wildman–Crippen MR) is 153 cm³/mol. The largest absolute Gasteiger partial charge is 0.322 e. The lowest BCUT2D eigenvalue weighted by Crippen LogP contribution is -2.48. The number of para-hydroxylation sites is 3. The van der Waals surface area contributed by atoms with E-state index in [2.05, 4.69) is 16.8 Å². The van der Waals surface area contributed by atoms with E-state index in [1.54, 1.807) is 4.90 Å². The number of halogens is 1. The molecule has 1 aliphatic heterocycles. The van der Waals surface area contributed by atoms with Crippen LogP contribution in [0, 0.1) is 6.92 Å². The molecule has 6 nitrogen and oxygen atoms in total. The molecular weight excluding hydrogens is 496 g/mol. The van der Waals surface area contributed by atoms with E-state index in [0.717, 1.165) is 46.7 Å². The molecule has 1 N–H and O–H groups in total. The van der Waals surface area contributed by atoms with E-state index in [0.29, 0.717) is 11.6 Å². The van der Waals surface area contributed by atoms with Crippen molar-refractivity contribution in [2.24, 2.45) is 0 Å². The highest BCUT2D eigenvalue weighted by Gasteiger charge is 2.37. The maximum Gasteiger partial charge on any atom is 0.322 e. The lowest BCUT2D eigenvalue weighted by atomic mass is 9.97. The molecule has 4 aromatic rings. The van der Waals surface area contributed by atoms with Crippen molar-refractivity contribution in [2.75, 3.05) is 23.3 Å². The fourth-order valence-electron chi connectivity index (χ4n) is 4.97. The van der Waals surface area contributed by atoms with E-state index in [1.807, 2.05) is 103 Å². The molecular formula is C31H31ClN4O2. The zero-order valence-electron chi connectivity index (χ0n) is 21.6. The molecule has 0 radical (unpaired) electrons. The van der Waals surface area contributed by atoms with Crippen LogP contribution in [0.25, 0.3) is 5.69 Å². The molecule has 38 heavy (non-hydrogen) atoms. The van der Waals surface area contributed by atoms with Crippen LogP contribution in [0.4, 0.5) is 16.2 Å². The fourth-order valence-corrected chi connectivity index (χ4v) is 5.10. The Bertz CT molecular complexity index is 1450. The van der Waals surface area contributed by atoms with E-state index < -0.39 is 0 Å². The number of hydrogen-bond donors (Lipinski definition) is 1. The predicted octanol–water partition coefficient (Wildman–Crippen LogP) is 7.21. The highest BCUT2D eigenvalue weighted by atomic mass is 35.5. The smallest absolute Gasteiger partial charge is 0.316 e. The zero-order valence-corrected chi connectivity index (χ0v) is 22.4. The number of anilines is 2. The molecule has 0 unspecified atom stereocenters. The number of carbonyl (C=O) groups excluding carboxylic acids is 2. The van der Waals surface area contributed by atoms with Crippen LogP contribution in [-0.4, -0.2) is 34.5 Å². The lowest BCUT2D eigenvalue weighted by Gasteiger charge is -2.39. The van der Waals surface area contributed by atoms with E-state index in [1.165, 1.54) is 0 Å². The number of carbonyl (C=O) groups is 2. The van der Waals surface area contributed by atoms with Crippen molar-refractivity contribution in [3.05, 3.63) is 113 Å². The van der Waals surface area contributed by atoms with Gasteiger partial charge < -0.3 is 14.8 Å². The van der Waals surface area contributed by atoms with Crippen molar-refractivity contribution < 1.29 is 9.59 Å². The number of rotatable bonds is 7. The minimum Gasteiger partial charge on any atom is -0.316 e. The Balaban J connectivity index is 1.51. The molecule has 3 aromatic carbocycles. The maximum atomic E-state index is 14.2. The quantitative estimate of drug-likeness (QED) is 0.276. The Morgan fingerprint density at radius 3 is 2.37 bits per heavy atom. The molecule has 1 aromatic heterocycles. The summed E-state index contributed by atoms with van der Waals surface area (Å²) < 4.78 is 2.12. The summed E-state index contributed by atoms with van der Waals surface area (Å²) in [5.41, 5.74) is 5.36. The SMILES string of the molecule is CCCCN(CC(=O)N1c2ccccc2-n2cccc2[C@@H]1c1ccc(Cl)cc1)C(=O)Nc1ccccc1C. The second-order valence-corrected chi connectivity index (χ2v) is 9.97. The molecule has 5 rings (SSSR count). The second kappa shape index (κ2) is 11.2. The van der Waals surface area contributed by atoms with Crippen LogP contribution in [0.1, 0.15) is 42.6 Å². The van der Waals surface area contributed by atoms with Gasteiger partial charge in [-0.05, 0) is 66.9 Å². The van der Waals surface area contributed by atoms with Gasteiger partial charge in [0.2, 0.25) is 5.91 Å². The summed E-state index contributed by atoms with van der Waals surface area (Å²) in [4.78, 5) is 31.1. The molecule has 0 saturated heterocycles. The Labute approximate surface area is 228 Å². The summed E-state index contributed by atoms with van der Waals surface area (Å²) >= 11 is 6.20. The van der Waals surface area contributed by atoms with Crippen molar-refractivity contribution in [3.8, 4) is 5.69 Å². The monoisotopic (exact) mass is 526 g/mol. The number of fused-ring (bicyclic) bond motifs is 3. The van der Waals surface area contributed by atoms with Crippen LogP contribution in [0.5, 0.6) is 0 Å². The average molecular weight is 527 g/mol. The first-order valence-corrected chi connectivity index (χ1v) is 13.3. The summed E-state index contributed by atoms with van der Waals surface area (Å²) in [6.07, 6.45) is 3.73. The molecule has 194 valence electrons. The highest BCUT2D eigenvalue weighted by Crippen LogP contribution is 2.42. The molecule has 2 heterocycles. The first kappa shape index (κ1) is 25.6. The van der Waals surface area contributed by atoms with Crippen molar-refractivity contribution in [3.63, 3.8) is 0 Å². The Morgan fingerprint density at radius 1 is 0.921 bits per heavy atom. The van der Waals surface area contributed by atoms with Crippen LogP contribution < -0.4 is 10.2 Å². The van der Waals surface area contributed by atoms with Gasteiger partial charge in [-0.2, -0.15) is 0 Å². The number of amides is 3. The molecule has 7 heteroatoms. The number of hydrogen-bond acceptors (Lipinski definition) is 2. The maximum absolute atomic E-state index is 14.2. The average Bonchev–Trinajstić information content (AvgIpc) is 3.42. The first-order chi connectivity index (χ1) is 18.5. The van der Waals surface area contributed by atoms with Gasteiger partial charge in [0.15, 0.2) is 0 Å². The number of unbranched alkanes of at least 4 members (excludes halogenated alkanes) is 1. The van der Waals surface area contributed by atoms with Crippen LogP contribution in [0.2, 0.25) is 5.02 Å². The number of aromatic nitrogens is 1. The van der Waals surface area contributed by atoms with E-state index in [9.17, 15) is 9.59 Å². The van der Waals surface area contributed by atoms with E-state index >= 15 is 0 Å². The van der Waals surface area contributed by atoms with Crippen molar-refractivity contribution in [1.29, 1.82) is 0 Å². The number of benzene rings is 3. The topological polar surface area (TPSA) is 57.6 Å². The van der Waals surface area contributed by atoms with Gasteiger partial charge in [-0.3, -0.25) is 9.69 Å². The number of nitrogens with one attached hydrogen (secondary N) is 1. The van der Waals surface area contributed by atoms with Gasteiger partial charge in [-0.15, -0.1) is 0 Å². The number of nitrogens with zero attached hydrogens (tertiary/aromatic N) is 3. The molecule has 0 fully saturated rings. The van der Waals surface area contributed by atoms with Gasteiger partial charge in [-0.1, -0.05) is 67.4 Å². The highest BCUT2D eigenvalue weighted by molar-refractivity contribution is 6.30. The lowest BCUT2D eigenvalue weighted by molar-refractivity contribution is -0.119. The Morgan fingerprint density at radius 2 is 1.63 bits per heavy atom. The number of aryl methyl sites for hydroxylation is 1. The molecule has 0 spiro atoms. The van der Waals surface area contributed by atoms with E-state index in [-0.39, 0.29) is 24.5 Å².